The van der Waals surface area contributed by atoms with Crippen molar-refractivity contribution < 1.29 is 15.0 Å². The highest BCUT2D eigenvalue weighted by molar-refractivity contribution is 6.31. The van der Waals surface area contributed by atoms with Crippen LogP contribution in [0.4, 0.5) is 5.69 Å². The summed E-state index contributed by atoms with van der Waals surface area (Å²) < 4.78 is 0. The predicted octanol–water partition coefficient (Wildman–Crippen LogP) is 2.61. The van der Waals surface area contributed by atoms with E-state index in [0.717, 1.165) is 0 Å². The molecular formula is C14H11ClN2O3. The number of amides is 1. The van der Waals surface area contributed by atoms with Gasteiger partial charge in [0, 0.05) is 5.02 Å². The van der Waals surface area contributed by atoms with Gasteiger partial charge in [-0.25, -0.2) is 0 Å². The number of nitrogens with one attached hydrogen (secondary N) is 2. The molecule has 4 N–H and O–H groups in total. The molecule has 0 unspecified atom stereocenters. The summed E-state index contributed by atoms with van der Waals surface area (Å²) >= 11 is 5.92. The molecule has 0 fully saturated rings. The van der Waals surface area contributed by atoms with Crippen molar-refractivity contribution in [1.82, 2.24) is 5.32 Å². The number of halogens is 1. The first kappa shape index (κ1) is 12.6. The molecule has 6 heteroatoms. The van der Waals surface area contributed by atoms with Crippen molar-refractivity contribution in [2.45, 2.75) is 6.17 Å². The molecule has 5 nitrogen and oxygen atoms in total. The number of fused-ring (bicyclic) bond motifs is 1. The summed E-state index contributed by atoms with van der Waals surface area (Å²) in [6, 6.07) is 9.33. The van der Waals surface area contributed by atoms with Crippen LogP contribution in [0.1, 0.15) is 22.1 Å². The molecule has 1 aliphatic rings. The monoisotopic (exact) mass is 290 g/mol. The summed E-state index contributed by atoms with van der Waals surface area (Å²) in [4.78, 5) is 12.0. The zero-order chi connectivity index (χ0) is 14.3. The lowest BCUT2D eigenvalue weighted by molar-refractivity contribution is 0.0935. The van der Waals surface area contributed by atoms with E-state index in [-0.39, 0.29) is 17.4 Å². The summed E-state index contributed by atoms with van der Waals surface area (Å²) in [6.45, 7) is 0. The molecule has 20 heavy (non-hydrogen) atoms. The lowest BCUT2D eigenvalue weighted by atomic mass is 10.1. The second-order valence-corrected chi connectivity index (χ2v) is 4.93. The van der Waals surface area contributed by atoms with E-state index in [0.29, 0.717) is 21.8 Å². The van der Waals surface area contributed by atoms with E-state index in [1.807, 2.05) is 0 Å². The first-order valence-corrected chi connectivity index (χ1v) is 6.31. The minimum Gasteiger partial charge on any atom is -0.504 e. The molecule has 0 radical (unpaired) electrons. The van der Waals surface area contributed by atoms with E-state index in [1.165, 1.54) is 12.1 Å². The van der Waals surface area contributed by atoms with Crippen LogP contribution in [0.2, 0.25) is 5.02 Å². The molecule has 1 heterocycles. The van der Waals surface area contributed by atoms with Gasteiger partial charge in [0.25, 0.3) is 5.91 Å². The highest BCUT2D eigenvalue weighted by atomic mass is 35.5. The van der Waals surface area contributed by atoms with Gasteiger partial charge in [-0.3, -0.25) is 4.79 Å². The van der Waals surface area contributed by atoms with E-state index in [1.54, 1.807) is 24.3 Å². The van der Waals surface area contributed by atoms with Crippen LogP contribution in [0.15, 0.2) is 36.4 Å². The van der Waals surface area contributed by atoms with Crippen molar-refractivity contribution in [3.8, 4) is 11.5 Å². The first-order chi connectivity index (χ1) is 9.54. The van der Waals surface area contributed by atoms with E-state index >= 15 is 0 Å². The molecule has 1 aliphatic heterocycles. The Kier molecular flexibility index (Phi) is 2.91. The average molecular weight is 291 g/mol. The number of carbonyl (C=O) groups excluding carboxylic acids is 1. The minimum atomic E-state index is -0.500. The third-order valence-electron chi connectivity index (χ3n) is 3.13. The molecule has 1 amide bonds. The van der Waals surface area contributed by atoms with Gasteiger partial charge in [0.2, 0.25) is 0 Å². The van der Waals surface area contributed by atoms with Crippen LogP contribution < -0.4 is 10.6 Å². The van der Waals surface area contributed by atoms with Crippen molar-refractivity contribution in [3.63, 3.8) is 0 Å². The Bertz CT molecular complexity index is 703. The number of carbonyl (C=O) groups is 1. The standard InChI is InChI=1S/C14H11ClN2O3/c15-8-2-3-9-10(6-8)16-13(17-14(9)20)7-1-4-11(18)12(19)5-7/h1-6,13,16,18-19H,(H,17,20)/t13-/m1/s1. The lowest BCUT2D eigenvalue weighted by Crippen LogP contribution is -2.38. The molecule has 3 rings (SSSR count). The fourth-order valence-corrected chi connectivity index (χ4v) is 2.29. The number of phenolic OH excluding ortho intramolecular Hbond substituents is 2. The fourth-order valence-electron chi connectivity index (χ4n) is 2.12. The molecule has 102 valence electrons. The summed E-state index contributed by atoms with van der Waals surface area (Å²) in [5.41, 5.74) is 1.76. The molecule has 2 aromatic carbocycles. The molecule has 0 saturated heterocycles. The van der Waals surface area contributed by atoms with Crippen LogP contribution in [0, 0.1) is 0 Å². The van der Waals surface area contributed by atoms with Crippen LogP contribution in [0.25, 0.3) is 0 Å². The van der Waals surface area contributed by atoms with Gasteiger partial charge in [-0.15, -0.1) is 0 Å². The summed E-state index contributed by atoms with van der Waals surface area (Å²) in [6.07, 6.45) is -0.500. The van der Waals surface area contributed by atoms with E-state index in [4.69, 9.17) is 11.6 Å². The van der Waals surface area contributed by atoms with E-state index in [2.05, 4.69) is 10.6 Å². The van der Waals surface area contributed by atoms with Gasteiger partial charge < -0.3 is 20.8 Å². The van der Waals surface area contributed by atoms with Crippen molar-refractivity contribution >= 4 is 23.2 Å². The van der Waals surface area contributed by atoms with Gasteiger partial charge in [-0.05, 0) is 35.9 Å². The van der Waals surface area contributed by atoms with E-state index < -0.39 is 6.17 Å². The van der Waals surface area contributed by atoms with Crippen LogP contribution in [-0.2, 0) is 0 Å². The maximum absolute atomic E-state index is 12.0. The highest BCUT2D eigenvalue weighted by Gasteiger charge is 2.25. The van der Waals surface area contributed by atoms with Crippen molar-refractivity contribution in [3.05, 3.63) is 52.5 Å². The van der Waals surface area contributed by atoms with E-state index in [9.17, 15) is 15.0 Å². The quantitative estimate of drug-likeness (QED) is 0.609. The van der Waals surface area contributed by atoms with Gasteiger partial charge in [-0.1, -0.05) is 17.7 Å². The molecule has 0 aromatic heterocycles. The second kappa shape index (κ2) is 4.61. The third kappa shape index (κ3) is 2.12. The summed E-state index contributed by atoms with van der Waals surface area (Å²) in [5.74, 6) is -0.678. The Balaban J connectivity index is 1.98. The van der Waals surface area contributed by atoms with Gasteiger partial charge in [0.1, 0.15) is 6.17 Å². The number of benzene rings is 2. The zero-order valence-electron chi connectivity index (χ0n) is 10.2. The summed E-state index contributed by atoms with van der Waals surface area (Å²) in [7, 11) is 0. The number of rotatable bonds is 1. The molecule has 0 saturated carbocycles. The Morgan fingerprint density at radius 1 is 1.00 bits per heavy atom. The minimum absolute atomic E-state index is 0.209. The van der Waals surface area contributed by atoms with Crippen LogP contribution in [0.3, 0.4) is 0 Å². The normalized spacial score (nSPS) is 17.1. The molecule has 0 bridgehead atoms. The predicted molar refractivity (Wildman–Crippen MR) is 75.1 cm³/mol. The van der Waals surface area contributed by atoms with Crippen LogP contribution >= 0.6 is 11.6 Å². The van der Waals surface area contributed by atoms with Gasteiger partial charge >= 0.3 is 0 Å². The molecule has 0 spiro atoms. The van der Waals surface area contributed by atoms with Crippen molar-refractivity contribution in [1.29, 1.82) is 0 Å². The van der Waals surface area contributed by atoms with Gasteiger partial charge in [-0.2, -0.15) is 0 Å². The third-order valence-corrected chi connectivity index (χ3v) is 3.37. The molecule has 2 aromatic rings. The maximum atomic E-state index is 12.0. The number of hydrogen-bond donors (Lipinski definition) is 4. The Hall–Kier alpha value is -2.40. The SMILES string of the molecule is O=C1N[C@H](c2ccc(O)c(O)c2)Nc2cc(Cl)ccc21. The second-order valence-electron chi connectivity index (χ2n) is 4.49. The zero-order valence-corrected chi connectivity index (χ0v) is 11.0. The number of phenols is 2. The molecular weight excluding hydrogens is 280 g/mol. The Labute approximate surface area is 119 Å². The number of aromatic hydroxyl groups is 2. The largest absolute Gasteiger partial charge is 0.504 e. The Morgan fingerprint density at radius 2 is 1.80 bits per heavy atom. The van der Waals surface area contributed by atoms with Gasteiger partial charge in [0.05, 0.1) is 11.3 Å². The highest BCUT2D eigenvalue weighted by Crippen LogP contribution is 2.32. The van der Waals surface area contributed by atoms with Gasteiger partial charge in [0.15, 0.2) is 11.5 Å². The lowest BCUT2D eigenvalue weighted by Gasteiger charge is -2.28. The van der Waals surface area contributed by atoms with Crippen molar-refractivity contribution in [2.24, 2.45) is 0 Å². The number of hydrogen-bond acceptors (Lipinski definition) is 4. The molecule has 1 atom stereocenters. The average Bonchev–Trinajstić information content (AvgIpc) is 2.41. The molecule has 0 aliphatic carbocycles. The maximum Gasteiger partial charge on any atom is 0.255 e. The topological polar surface area (TPSA) is 81.6 Å². The van der Waals surface area contributed by atoms with Crippen molar-refractivity contribution in [2.75, 3.05) is 5.32 Å². The van der Waals surface area contributed by atoms with Crippen LogP contribution in [-0.4, -0.2) is 16.1 Å². The fraction of sp³-hybridized carbons (Fsp3) is 0.0714. The smallest absolute Gasteiger partial charge is 0.255 e. The summed E-state index contributed by atoms with van der Waals surface area (Å²) in [5, 5.41) is 25.3. The number of anilines is 1. The first-order valence-electron chi connectivity index (χ1n) is 5.93. The van der Waals surface area contributed by atoms with Crippen LogP contribution in [0.5, 0.6) is 11.5 Å². The Morgan fingerprint density at radius 3 is 2.55 bits per heavy atom.